The summed E-state index contributed by atoms with van der Waals surface area (Å²) in [6.45, 7) is 1.39. The Morgan fingerprint density at radius 2 is 1.90 bits per heavy atom. The van der Waals surface area contributed by atoms with Crippen molar-refractivity contribution in [2.75, 3.05) is 6.61 Å². The van der Waals surface area contributed by atoms with Crippen LogP contribution >= 0.6 is 15.9 Å². The average Bonchev–Trinajstić information content (AvgIpc) is 2.36. The molecule has 0 saturated heterocycles. The molecule has 0 fully saturated rings. The lowest BCUT2D eigenvalue weighted by Gasteiger charge is -2.27. The van der Waals surface area contributed by atoms with E-state index in [9.17, 15) is 23.5 Å². The fraction of sp³-hybridized carbons (Fsp3) is 0.385. The molecule has 1 aromatic carbocycles. The van der Waals surface area contributed by atoms with Gasteiger partial charge in [-0.2, -0.15) is 0 Å². The molecule has 1 N–H and O–H groups in total. The van der Waals surface area contributed by atoms with Gasteiger partial charge in [-0.25, -0.2) is 8.78 Å². The van der Waals surface area contributed by atoms with E-state index in [1.165, 1.54) is 31.2 Å². The second kappa shape index (κ2) is 6.78. The highest BCUT2D eigenvalue weighted by Crippen LogP contribution is 2.34. The van der Waals surface area contributed by atoms with Crippen LogP contribution in [0.25, 0.3) is 0 Å². The Hall–Kier alpha value is -1.50. The number of carbonyl (C=O) groups is 2. The molecule has 0 saturated carbocycles. The van der Waals surface area contributed by atoms with Crippen molar-refractivity contribution in [3.8, 4) is 0 Å². The maximum absolute atomic E-state index is 12.8. The Kier molecular flexibility index (Phi) is 5.62. The van der Waals surface area contributed by atoms with Gasteiger partial charge in [0, 0.05) is 10.9 Å². The molecule has 0 radical (unpaired) electrons. The fourth-order valence-electron chi connectivity index (χ4n) is 1.84. The minimum absolute atomic E-state index is 0.0352. The molecule has 0 heterocycles. The Morgan fingerprint density at radius 1 is 1.35 bits per heavy atom. The highest BCUT2D eigenvalue weighted by atomic mass is 79.9. The number of aliphatic carboxylic acids is 1. The number of alkyl halides is 2. The van der Waals surface area contributed by atoms with Crippen molar-refractivity contribution in [1.82, 2.24) is 0 Å². The van der Waals surface area contributed by atoms with E-state index in [1.807, 2.05) is 0 Å². The number of hydrogen-bond acceptors (Lipinski definition) is 3. The number of halogens is 3. The molecule has 0 spiro atoms. The first-order chi connectivity index (χ1) is 9.34. The van der Waals surface area contributed by atoms with Gasteiger partial charge in [-0.15, -0.1) is 0 Å². The largest absolute Gasteiger partial charge is 0.480 e. The molecule has 1 aromatic rings. The van der Waals surface area contributed by atoms with Crippen LogP contribution in [0.15, 0.2) is 28.7 Å². The number of carbonyl (C=O) groups excluding carboxylic acids is 1. The summed E-state index contributed by atoms with van der Waals surface area (Å²) in [7, 11) is 0. The van der Waals surface area contributed by atoms with Crippen molar-refractivity contribution in [2.24, 2.45) is 0 Å². The third-order valence-electron chi connectivity index (χ3n) is 2.79. The van der Waals surface area contributed by atoms with E-state index < -0.39 is 30.2 Å². The molecule has 110 valence electrons. The van der Waals surface area contributed by atoms with E-state index >= 15 is 0 Å². The van der Waals surface area contributed by atoms with E-state index in [0.29, 0.717) is 4.47 Å². The zero-order valence-corrected chi connectivity index (χ0v) is 12.2. The molecule has 20 heavy (non-hydrogen) atoms. The molecule has 0 amide bonds. The molecule has 4 nitrogen and oxygen atoms in total. The first-order valence-corrected chi connectivity index (χ1v) is 6.58. The monoisotopic (exact) mass is 350 g/mol. The van der Waals surface area contributed by atoms with Gasteiger partial charge in [0.2, 0.25) is 6.43 Å². The molecule has 1 unspecified atom stereocenters. The zero-order valence-electron chi connectivity index (χ0n) is 10.6. The van der Waals surface area contributed by atoms with Gasteiger partial charge in [0.05, 0.1) is 6.61 Å². The van der Waals surface area contributed by atoms with Crippen molar-refractivity contribution >= 4 is 27.9 Å². The fourth-order valence-corrected chi connectivity index (χ4v) is 2.10. The summed E-state index contributed by atoms with van der Waals surface area (Å²) in [5, 5.41) is 9.35. The number of hydrogen-bond donors (Lipinski definition) is 1. The SMILES string of the molecule is CCOC(=O)C(CC(F)F)(C(=O)O)c1ccc(Br)cc1. The van der Waals surface area contributed by atoms with E-state index in [1.54, 1.807) is 0 Å². The highest BCUT2D eigenvalue weighted by Gasteiger charge is 2.51. The maximum atomic E-state index is 12.8. The smallest absolute Gasteiger partial charge is 0.328 e. The summed E-state index contributed by atoms with van der Waals surface area (Å²) in [6.07, 6.45) is -4.10. The number of ether oxygens (including phenoxy) is 1. The van der Waals surface area contributed by atoms with E-state index in [4.69, 9.17) is 0 Å². The predicted molar refractivity (Wildman–Crippen MR) is 70.7 cm³/mol. The zero-order chi connectivity index (χ0) is 15.3. The van der Waals surface area contributed by atoms with Crippen LogP contribution in [0.1, 0.15) is 18.9 Å². The number of carboxylic acids is 1. The van der Waals surface area contributed by atoms with Crippen molar-refractivity contribution in [3.05, 3.63) is 34.3 Å². The number of carboxylic acid groups (broad SMARTS) is 1. The summed E-state index contributed by atoms with van der Waals surface area (Å²) >= 11 is 3.16. The van der Waals surface area contributed by atoms with E-state index in [-0.39, 0.29) is 12.2 Å². The molecule has 0 bridgehead atoms. The lowest BCUT2D eigenvalue weighted by atomic mass is 9.77. The number of esters is 1. The Bertz CT molecular complexity index is 490. The van der Waals surface area contributed by atoms with Crippen LogP contribution in [-0.2, 0) is 19.7 Å². The van der Waals surface area contributed by atoms with Gasteiger partial charge in [0.25, 0.3) is 0 Å². The van der Waals surface area contributed by atoms with Gasteiger partial charge in [-0.1, -0.05) is 28.1 Å². The third kappa shape index (κ3) is 3.33. The standard InChI is InChI=1S/C13H13BrF2O4/c1-2-20-12(19)13(11(17)18,7-10(15)16)8-3-5-9(14)6-4-8/h3-6,10H,2,7H2,1H3,(H,17,18). The van der Waals surface area contributed by atoms with Crippen molar-refractivity contribution in [1.29, 1.82) is 0 Å². The van der Waals surface area contributed by atoms with Crippen molar-refractivity contribution in [2.45, 2.75) is 25.2 Å². The second-order valence-electron chi connectivity index (χ2n) is 4.03. The van der Waals surface area contributed by atoms with Crippen LogP contribution in [0.3, 0.4) is 0 Å². The Morgan fingerprint density at radius 3 is 2.30 bits per heavy atom. The van der Waals surface area contributed by atoms with Crippen molar-refractivity contribution in [3.63, 3.8) is 0 Å². The van der Waals surface area contributed by atoms with E-state index in [2.05, 4.69) is 20.7 Å². The Labute approximate surface area is 122 Å². The van der Waals surface area contributed by atoms with Gasteiger partial charge in [0.15, 0.2) is 5.41 Å². The molecule has 1 atom stereocenters. The van der Waals surface area contributed by atoms with Crippen LogP contribution in [0.4, 0.5) is 8.78 Å². The number of rotatable bonds is 6. The molecule has 0 aliphatic heterocycles. The van der Waals surface area contributed by atoms with Gasteiger partial charge in [-0.05, 0) is 24.6 Å². The quantitative estimate of drug-likeness (QED) is 0.632. The minimum Gasteiger partial charge on any atom is -0.480 e. The summed E-state index contributed by atoms with van der Waals surface area (Å²) in [5.41, 5.74) is -2.43. The van der Waals surface area contributed by atoms with Crippen LogP contribution < -0.4 is 0 Å². The molecule has 0 aliphatic rings. The van der Waals surface area contributed by atoms with Crippen LogP contribution in [0.2, 0.25) is 0 Å². The van der Waals surface area contributed by atoms with E-state index in [0.717, 1.165) is 0 Å². The molecule has 1 rings (SSSR count). The van der Waals surface area contributed by atoms with Gasteiger partial charge >= 0.3 is 11.9 Å². The van der Waals surface area contributed by atoms with Gasteiger partial charge < -0.3 is 9.84 Å². The van der Waals surface area contributed by atoms with Gasteiger partial charge in [-0.3, -0.25) is 9.59 Å². The molecule has 0 aromatic heterocycles. The average molecular weight is 351 g/mol. The predicted octanol–water partition coefficient (Wildman–Crippen LogP) is 2.99. The summed E-state index contributed by atoms with van der Waals surface area (Å²) in [6, 6.07) is 5.60. The molecular formula is C13H13BrF2O4. The highest BCUT2D eigenvalue weighted by molar-refractivity contribution is 9.10. The molecular weight excluding hydrogens is 338 g/mol. The first kappa shape index (κ1) is 16.6. The topological polar surface area (TPSA) is 63.6 Å². The van der Waals surface area contributed by atoms with Crippen LogP contribution in [0, 0.1) is 0 Å². The molecule has 7 heteroatoms. The first-order valence-electron chi connectivity index (χ1n) is 5.79. The van der Waals surface area contributed by atoms with Gasteiger partial charge in [0.1, 0.15) is 0 Å². The lowest BCUT2D eigenvalue weighted by molar-refractivity contribution is -0.164. The normalized spacial score (nSPS) is 13.8. The van der Waals surface area contributed by atoms with Crippen LogP contribution in [0.5, 0.6) is 0 Å². The van der Waals surface area contributed by atoms with Crippen molar-refractivity contribution < 1.29 is 28.2 Å². The minimum atomic E-state index is -2.96. The molecule has 0 aliphatic carbocycles. The lowest BCUT2D eigenvalue weighted by Crippen LogP contribution is -2.46. The number of benzene rings is 1. The van der Waals surface area contributed by atoms with Crippen LogP contribution in [-0.4, -0.2) is 30.1 Å². The maximum Gasteiger partial charge on any atom is 0.328 e. The summed E-state index contributed by atoms with van der Waals surface area (Å²) < 4.78 is 30.9. The third-order valence-corrected chi connectivity index (χ3v) is 3.32. The second-order valence-corrected chi connectivity index (χ2v) is 4.95. The Balaban J connectivity index is 3.39. The summed E-state index contributed by atoms with van der Waals surface area (Å²) in [4.78, 5) is 23.5. The summed E-state index contributed by atoms with van der Waals surface area (Å²) in [5.74, 6) is -2.84.